The van der Waals surface area contributed by atoms with Crippen molar-refractivity contribution in [2.24, 2.45) is 5.41 Å². The monoisotopic (exact) mass is 228 g/mol. The molecule has 1 saturated carbocycles. The van der Waals surface area contributed by atoms with Gasteiger partial charge in [-0.15, -0.1) is 0 Å². The topological polar surface area (TPSA) is 37.3 Å². The highest BCUT2D eigenvalue weighted by atomic mass is 16.4. The van der Waals surface area contributed by atoms with E-state index in [1.807, 2.05) is 30.3 Å². The largest absolute Gasteiger partial charge is 0.480 e. The molecule has 0 heterocycles. The van der Waals surface area contributed by atoms with Gasteiger partial charge in [-0.3, -0.25) is 4.79 Å². The maximum Gasteiger partial charge on any atom is 0.321 e. The number of carboxylic acid groups (broad SMARTS) is 1. The van der Waals surface area contributed by atoms with Crippen LogP contribution in [0, 0.1) is 17.3 Å². The zero-order valence-electron chi connectivity index (χ0n) is 9.78. The van der Waals surface area contributed by atoms with E-state index in [0.29, 0.717) is 12.8 Å². The number of benzene rings is 1. The second-order valence-electron chi connectivity index (χ2n) is 4.56. The minimum absolute atomic E-state index is 0.683. The number of carbonyl (C=O) groups is 1. The maximum absolute atomic E-state index is 11.4. The van der Waals surface area contributed by atoms with E-state index in [9.17, 15) is 9.90 Å². The van der Waals surface area contributed by atoms with Crippen molar-refractivity contribution >= 4 is 5.97 Å². The summed E-state index contributed by atoms with van der Waals surface area (Å²) in [6, 6.07) is 9.58. The van der Waals surface area contributed by atoms with Crippen molar-refractivity contribution in [3.63, 3.8) is 0 Å². The smallest absolute Gasteiger partial charge is 0.321 e. The summed E-state index contributed by atoms with van der Waals surface area (Å²) in [5, 5.41) is 9.36. The Hall–Kier alpha value is -1.75. The van der Waals surface area contributed by atoms with E-state index >= 15 is 0 Å². The summed E-state index contributed by atoms with van der Waals surface area (Å²) in [5.74, 6) is 5.24. The number of aliphatic carboxylic acids is 1. The van der Waals surface area contributed by atoms with Gasteiger partial charge in [0.05, 0.1) is 0 Å². The first-order chi connectivity index (χ1) is 8.23. The Morgan fingerprint density at radius 3 is 2.35 bits per heavy atom. The Morgan fingerprint density at radius 1 is 1.12 bits per heavy atom. The zero-order chi connectivity index (χ0) is 12.1. The van der Waals surface area contributed by atoms with Crippen LogP contribution in [0.25, 0.3) is 0 Å². The Labute approximate surface area is 102 Å². The molecule has 0 aromatic heterocycles. The van der Waals surface area contributed by atoms with Crippen molar-refractivity contribution in [1.29, 1.82) is 0 Å². The first-order valence-electron chi connectivity index (χ1n) is 6.05. The summed E-state index contributed by atoms with van der Waals surface area (Å²) >= 11 is 0. The summed E-state index contributed by atoms with van der Waals surface area (Å²) in [5.41, 5.74) is 0.0763. The van der Waals surface area contributed by atoms with Crippen LogP contribution in [0.2, 0.25) is 0 Å². The van der Waals surface area contributed by atoms with Gasteiger partial charge in [-0.05, 0) is 25.0 Å². The van der Waals surface area contributed by atoms with Crippen molar-refractivity contribution in [3.8, 4) is 11.8 Å². The third-order valence-corrected chi connectivity index (χ3v) is 3.34. The van der Waals surface area contributed by atoms with E-state index in [4.69, 9.17) is 0 Å². The molecule has 0 amide bonds. The highest BCUT2D eigenvalue weighted by Crippen LogP contribution is 2.36. The molecule has 2 heteroatoms. The van der Waals surface area contributed by atoms with Gasteiger partial charge < -0.3 is 5.11 Å². The number of hydrogen-bond donors (Lipinski definition) is 1. The van der Waals surface area contributed by atoms with Crippen molar-refractivity contribution in [3.05, 3.63) is 35.9 Å². The van der Waals surface area contributed by atoms with Gasteiger partial charge in [-0.25, -0.2) is 0 Å². The van der Waals surface area contributed by atoms with Crippen LogP contribution in [0.15, 0.2) is 30.3 Å². The minimum Gasteiger partial charge on any atom is -0.480 e. The molecule has 0 radical (unpaired) electrons. The Balaban J connectivity index is 2.24. The van der Waals surface area contributed by atoms with Gasteiger partial charge in [0.2, 0.25) is 0 Å². The number of rotatable bonds is 1. The van der Waals surface area contributed by atoms with E-state index in [-0.39, 0.29) is 0 Å². The number of carboxylic acids is 1. The van der Waals surface area contributed by atoms with Crippen LogP contribution in [-0.4, -0.2) is 11.1 Å². The van der Waals surface area contributed by atoms with Gasteiger partial charge >= 0.3 is 5.97 Å². The lowest BCUT2D eigenvalue weighted by atomic mass is 9.74. The lowest BCUT2D eigenvalue weighted by molar-refractivity contribution is -0.146. The van der Waals surface area contributed by atoms with E-state index in [0.717, 1.165) is 24.8 Å². The van der Waals surface area contributed by atoms with E-state index in [1.54, 1.807) is 0 Å². The van der Waals surface area contributed by atoms with Crippen molar-refractivity contribution in [2.45, 2.75) is 32.1 Å². The average molecular weight is 228 g/mol. The van der Waals surface area contributed by atoms with Gasteiger partial charge in [0.1, 0.15) is 5.41 Å². The fourth-order valence-electron chi connectivity index (χ4n) is 2.26. The summed E-state index contributed by atoms with van der Waals surface area (Å²) in [7, 11) is 0. The van der Waals surface area contributed by atoms with Gasteiger partial charge in [0.25, 0.3) is 0 Å². The van der Waals surface area contributed by atoms with E-state index in [2.05, 4.69) is 11.8 Å². The predicted molar refractivity (Wildman–Crippen MR) is 66.5 cm³/mol. The van der Waals surface area contributed by atoms with Crippen LogP contribution in [0.3, 0.4) is 0 Å². The van der Waals surface area contributed by atoms with Crippen LogP contribution >= 0.6 is 0 Å². The standard InChI is InChI=1S/C15H16O2/c16-14(17)15(10-5-2-6-11-15)12-9-13-7-3-1-4-8-13/h1,3-4,7-8H,2,5-6,10-11H2,(H,16,17). The van der Waals surface area contributed by atoms with Crippen LogP contribution in [0.5, 0.6) is 0 Å². The zero-order valence-corrected chi connectivity index (χ0v) is 9.78. The quantitative estimate of drug-likeness (QED) is 0.750. The second kappa shape index (κ2) is 5.05. The van der Waals surface area contributed by atoms with E-state index < -0.39 is 11.4 Å². The fourth-order valence-corrected chi connectivity index (χ4v) is 2.26. The van der Waals surface area contributed by atoms with E-state index in [1.165, 1.54) is 0 Å². The molecular formula is C15H16O2. The Bertz CT molecular complexity index is 445. The molecule has 0 bridgehead atoms. The third-order valence-electron chi connectivity index (χ3n) is 3.34. The molecule has 1 aromatic carbocycles. The van der Waals surface area contributed by atoms with Crippen LogP contribution in [0.4, 0.5) is 0 Å². The van der Waals surface area contributed by atoms with Crippen molar-refractivity contribution in [1.82, 2.24) is 0 Å². The SMILES string of the molecule is O=C(O)C1(C#Cc2ccccc2)CCCCC1. The summed E-state index contributed by atoms with van der Waals surface area (Å²) < 4.78 is 0. The van der Waals surface area contributed by atoms with Crippen LogP contribution < -0.4 is 0 Å². The highest BCUT2D eigenvalue weighted by Gasteiger charge is 2.37. The molecule has 0 spiro atoms. The van der Waals surface area contributed by atoms with Gasteiger partial charge in [-0.2, -0.15) is 0 Å². The maximum atomic E-state index is 11.4. The molecule has 0 saturated heterocycles. The Morgan fingerprint density at radius 2 is 1.76 bits per heavy atom. The Kier molecular flexibility index (Phi) is 3.49. The molecular weight excluding hydrogens is 212 g/mol. The van der Waals surface area contributed by atoms with Crippen molar-refractivity contribution in [2.75, 3.05) is 0 Å². The fraction of sp³-hybridized carbons (Fsp3) is 0.400. The molecule has 0 atom stereocenters. The average Bonchev–Trinajstić information content (AvgIpc) is 2.38. The van der Waals surface area contributed by atoms with Crippen molar-refractivity contribution < 1.29 is 9.90 Å². The predicted octanol–water partition coefficient (Wildman–Crippen LogP) is 3.07. The normalized spacial score (nSPS) is 17.9. The summed E-state index contributed by atoms with van der Waals surface area (Å²) in [4.78, 5) is 11.4. The molecule has 1 aliphatic carbocycles. The molecule has 0 unspecified atom stereocenters. The molecule has 1 N–H and O–H groups in total. The third kappa shape index (κ3) is 2.68. The second-order valence-corrected chi connectivity index (χ2v) is 4.56. The molecule has 2 nitrogen and oxygen atoms in total. The van der Waals surface area contributed by atoms with Gasteiger partial charge in [0, 0.05) is 5.56 Å². The molecule has 0 aliphatic heterocycles. The highest BCUT2D eigenvalue weighted by molar-refractivity contribution is 5.79. The first-order valence-corrected chi connectivity index (χ1v) is 6.05. The summed E-state index contributed by atoms with van der Waals surface area (Å²) in [6.07, 6.45) is 4.43. The van der Waals surface area contributed by atoms with Crippen LogP contribution in [-0.2, 0) is 4.79 Å². The first kappa shape index (κ1) is 11.7. The molecule has 1 aromatic rings. The molecule has 1 aliphatic rings. The minimum atomic E-state index is -0.811. The molecule has 2 rings (SSSR count). The molecule has 1 fully saturated rings. The van der Waals surface area contributed by atoms with Gasteiger partial charge in [0.15, 0.2) is 0 Å². The number of hydrogen-bond acceptors (Lipinski definition) is 1. The lowest BCUT2D eigenvalue weighted by Crippen LogP contribution is -2.31. The molecule has 17 heavy (non-hydrogen) atoms. The van der Waals surface area contributed by atoms with Gasteiger partial charge in [-0.1, -0.05) is 49.3 Å². The molecule has 88 valence electrons. The summed E-state index contributed by atoms with van der Waals surface area (Å²) in [6.45, 7) is 0. The lowest BCUT2D eigenvalue weighted by Gasteiger charge is -2.27. The van der Waals surface area contributed by atoms with Crippen LogP contribution in [0.1, 0.15) is 37.7 Å².